The molecule has 0 saturated carbocycles. The lowest BCUT2D eigenvalue weighted by Gasteiger charge is -2.33. The first-order valence-electron chi connectivity index (χ1n) is 9.21. The maximum absolute atomic E-state index is 12.8. The van der Waals surface area contributed by atoms with Crippen LogP contribution < -0.4 is 5.32 Å². The van der Waals surface area contributed by atoms with Gasteiger partial charge in [0, 0.05) is 18.7 Å². The number of rotatable bonds is 7. The average molecular weight is 397 g/mol. The van der Waals surface area contributed by atoms with Crippen LogP contribution in [0, 0.1) is 5.92 Å². The number of carboxylic acids is 1. The van der Waals surface area contributed by atoms with E-state index < -0.39 is 27.4 Å². The van der Waals surface area contributed by atoms with Gasteiger partial charge in [0.1, 0.15) is 0 Å². The van der Waals surface area contributed by atoms with Crippen LogP contribution in [0.2, 0.25) is 0 Å². The molecule has 0 aliphatic carbocycles. The lowest BCUT2D eigenvalue weighted by atomic mass is 9.85. The molecule has 1 aliphatic rings. The van der Waals surface area contributed by atoms with Gasteiger partial charge in [-0.3, -0.25) is 9.59 Å². The van der Waals surface area contributed by atoms with Gasteiger partial charge in [0.15, 0.2) is 0 Å². The van der Waals surface area contributed by atoms with E-state index in [1.165, 1.54) is 28.6 Å². The maximum Gasteiger partial charge on any atom is 0.305 e. The quantitative estimate of drug-likeness (QED) is 0.737. The molecular formula is C19H28N2O5S. The molecule has 1 fully saturated rings. The van der Waals surface area contributed by atoms with Crippen molar-refractivity contribution in [2.24, 2.45) is 5.92 Å². The second-order valence-corrected chi connectivity index (χ2v) is 9.53. The van der Waals surface area contributed by atoms with Crippen LogP contribution in [0.5, 0.6) is 0 Å². The van der Waals surface area contributed by atoms with E-state index in [1.54, 1.807) is 6.92 Å². The van der Waals surface area contributed by atoms with Gasteiger partial charge in [-0.1, -0.05) is 26.3 Å². The highest BCUT2D eigenvalue weighted by atomic mass is 32.2. The lowest BCUT2D eigenvalue weighted by molar-refractivity contribution is -0.138. The Labute approximate surface area is 160 Å². The fourth-order valence-electron chi connectivity index (χ4n) is 3.09. The van der Waals surface area contributed by atoms with Gasteiger partial charge in [0.2, 0.25) is 10.0 Å². The van der Waals surface area contributed by atoms with Gasteiger partial charge < -0.3 is 10.4 Å². The first kappa shape index (κ1) is 21.4. The van der Waals surface area contributed by atoms with Crippen LogP contribution in [0.15, 0.2) is 29.2 Å². The minimum absolute atomic E-state index is 0.0848. The van der Waals surface area contributed by atoms with E-state index in [1.807, 2.05) is 13.8 Å². The van der Waals surface area contributed by atoms with Crippen molar-refractivity contribution in [3.8, 4) is 0 Å². The van der Waals surface area contributed by atoms with Crippen LogP contribution in [0.25, 0.3) is 0 Å². The minimum Gasteiger partial charge on any atom is -0.481 e. The van der Waals surface area contributed by atoms with E-state index in [9.17, 15) is 18.0 Å². The summed E-state index contributed by atoms with van der Waals surface area (Å²) in [5, 5.41) is 11.9. The molecule has 1 unspecified atom stereocenters. The molecule has 0 aromatic heterocycles. The lowest BCUT2D eigenvalue weighted by Crippen LogP contribution is -2.51. The number of carbonyl (C=O) groups excluding carboxylic acids is 1. The Balaban J connectivity index is 2.25. The van der Waals surface area contributed by atoms with E-state index in [4.69, 9.17) is 5.11 Å². The molecule has 2 N–H and O–H groups in total. The molecule has 0 radical (unpaired) electrons. The van der Waals surface area contributed by atoms with Crippen molar-refractivity contribution in [1.29, 1.82) is 0 Å². The molecule has 1 aromatic rings. The van der Waals surface area contributed by atoms with E-state index in [0.29, 0.717) is 13.1 Å². The molecule has 150 valence electrons. The predicted molar refractivity (Wildman–Crippen MR) is 102 cm³/mol. The summed E-state index contributed by atoms with van der Waals surface area (Å²) in [7, 11) is -3.64. The summed E-state index contributed by atoms with van der Waals surface area (Å²) >= 11 is 0. The maximum atomic E-state index is 12.8. The molecule has 27 heavy (non-hydrogen) atoms. The van der Waals surface area contributed by atoms with Crippen LogP contribution in [0.4, 0.5) is 0 Å². The standard InChI is InChI=1S/C19H28N2O5S/c1-14(2)19(3,13-17(22)23)20-18(24)15-8-7-9-16(12-15)27(25,26)21-10-5-4-6-11-21/h7-9,12,14H,4-6,10-11,13H2,1-3H3,(H,20,24)(H,22,23). The van der Waals surface area contributed by atoms with E-state index in [2.05, 4.69) is 5.32 Å². The van der Waals surface area contributed by atoms with E-state index >= 15 is 0 Å². The molecule has 0 spiro atoms. The highest BCUT2D eigenvalue weighted by molar-refractivity contribution is 7.89. The molecule has 1 aromatic carbocycles. The molecular weight excluding hydrogens is 368 g/mol. The molecule has 1 aliphatic heterocycles. The summed E-state index contributed by atoms with van der Waals surface area (Å²) in [6.07, 6.45) is 2.47. The Kier molecular flexibility index (Phi) is 6.64. The van der Waals surface area contributed by atoms with Gasteiger partial charge in [-0.25, -0.2) is 8.42 Å². The number of carboxylic acid groups (broad SMARTS) is 1. The fraction of sp³-hybridized carbons (Fsp3) is 0.579. The first-order chi connectivity index (χ1) is 12.6. The van der Waals surface area contributed by atoms with Crippen molar-refractivity contribution >= 4 is 21.9 Å². The monoisotopic (exact) mass is 396 g/mol. The molecule has 1 heterocycles. The van der Waals surface area contributed by atoms with E-state index in [-0.39, 0.29) is 22.8 Å². The highest BCUT2D eigenvalue weighted by Crippen LogP contribution is 2.24. The van der Waals surface area contributed by atoms with Crippen molar-refractivity contribution in [2.45, 2.75) is 56.9 Å². The van der Waals surface area contributed by atoms with Gasteiger partial charge in [-0.2, -0.15) is 4.31 Å². The number of nitrogens with zero attached hydrogens (tertiary/aromatic N) is 1. The molecule has 1 saturated heterocycles. The number of piperidine rings is 1. The van der Waals surface area contributed by atoms with Crippen LogP contribution in [0.3, 0.4) is 0 Å². The molecule has 8 heteroatoms. The van der Waals surface area contributed by atoms with Crippen molar-refractivity contribution in [3.05, 3.63) is 29.8 Å². The van der Waals surface area contributed by atoms with Gasteiger partial charge >= 0.3 is 5.97 Å². The van der Waals surface area contributed by atoms with Crippen LogP contribution in [-0.4, -0.2) is 48.3 Å². The SMILES string of the molecule is CC(C)C(C)(CC(=O)O)NC(=O)c1cccc(S(=O)(=O)N2CCCCC2)c1. The topological polar surface area (TPSA) is 104 Å². The molecule has 2 rings (SSSR count). The Bertz CT molecular complexity index is 800. The summed E-state index contributed by atoms with van der Waals surface area (Å²) in [6.45, 7) is 6.32. The van der Waals surface area contributed by atoms with Crippen LogP contribution in [0.1, 0.15) is 56.8 Å². The number of aliphatic carboxylic acids is 1. The predicted octanol–water partition coefficient (Wildman–Crippen LogP) is 2.48. The van der Waals surface area contributed by atoms with Crippen LogP contribution in [-0.2, 0) is 14.8 Å². The number of amides is 1. The Hall–Kier alpha value is -1.93. The Morgan fingerprint density at radius 1 is 1.22 bits per heavy atom. The van der Waals surface area contributed by atoms with Crippen molar-refractivity contribution in [3.63, 3.8) is 0 Å². The average Bonchev–Trinajstić information content (AvgIpc) is 2.61. The molecule has 1 atom stereocenters. The smallest absolute Gasteiger partial charge is 0.305 e. The third-order valence-corrected chi connectivity index (χ3v) is 7.14. The summed E-state index contributed by atoms with van der Waals surface area (Å²) in [4.78, 5) is 23.9. The minimum atomic E-state index is -3.64. The second kappa shape index (κ2) is 8.39. The Morgan fingerprint density at radius 3 is 2.41 bits per heavy atom. The van der Waals surface area contributed by atoms with Gasteiger partial charge in [0.05, 0.1) is 16.9 Å². The summed E-state index contributed by atoms with van der Waals surface area (Å²) in [5.41, 5.74) is -0.740. The van der Waals surface area contributed by atoms with Gasteiger partial charge in [0.25, 0.3) is 5.91 Å². The largest absolute Gasteiger partial charge is 0.481 e. The zero-order valence-electron chi connectivity index (χ0n) is 16.1. The number of benzene rings is 1. The molecule has 0 bridgehead atoms. The third-order valence-electron chi connectivity index (χ3n) is 5.24. The van der Waals surface area contributed by atoms with Crippen molar-refractivity contribution < 1.29 is 23.1 Å². The number of nitrogens with one attached hydrogen (secondary N) is 1. The molecule has 7 nitrogen and oxygen atoms in total. The normalized spacial score (nSPS) is 18.1. The zero-order valence-corrected chi connectivity index (χ0v) is 16.9. The van der Waals surface area contributed by atoms with E-state index in [0.717, 1.165) is 19.3 Å². The summed E-state index contributed by atoms with van der Waals surface area (Å²) in [5.74, 6) is -1.60. The fourth-order valence-corrected chi connectivity index (χ4v) is 4.65. The second-order valence-electron chi connectivity index (χ2n) is 7.59. The Morgan fingerprint density at radius 2 is 1.85 bits per heavy atom. The highest BCUT2D eigenvalue weighted by Gasteiger charge is 2.33. The van der Waals surface area contributed by atoms with Gasteiger partial charge in [-0.05, 0) is 43.9 Å². The number of hydrogen-bond acceptors (Lipinski definition) is 4. The third kappa shape index (κ3) is 5.07. The van der Waals surface area contributed by atoms with Crippen molar-refractivity contribution in [2.75, 3.05) is 13.1 Å². The summed E-state index contributed by atoms with van der Waals surface area (Å²) in [6, 6.07) is 5.92. The zero-order chi connectivity index (χ0) is 20.2. The number of sulfonamides is 1. The first-order valence-corrected chi connectivity index (χ1v) is 10.6. The van der Waals surface area contributed by atoms with Crippen LogP contribution >= 0.6 is 0 Å². The van der Waals surface area contributed by atoms with Gasteiger partial charge in [-0.15, -0.1) is 0 Å². The molecule has 1 amide bonds. The summed E-state index contributed by atoms with van der Waals surface area (Å²) < 4.78 is 27.1. The van der Waals surface area contributed by atoms with Crippen molar-refractivity contribution in [1.82, 2.24) is 9.62 Å². The number of hydrogen-bond donors (Lipinski definition) is 2. The number of carbonyl (C=O) groups is 2.